The molecule has 0 saturated heterocycles. The predicted octanol–water partition coefficient (Wildman–Crippen LogP) is 4.01. The SMILES string of the molecule is CCC(C)CN(CC)c1nc2sccn2c1CCl. The average molecular weight is 286 g/mol. The number of hydrogen-bond donors (Lipinski definition) is 0. The third-order valence-corrected chi connectivity index (χ3v) is 4.39. The van der Waals surface area contributed by atoms with E-state index in [1.54, 1.807) is 11.3 Å². The standard InChI is InChI=1S/C13H20ClN3S/c1-4-10(3)9-16(5-2)12-11(8-14)17-6-7-18-13(17)15-12/h6-7,10H,4-5,8-9H2,1-3H3. The van der Waals surface area contributed by atoms with Crippen molar-refractivity contribution in [1.29, 1.82) is 0 Å². The highest BCUT2D eigenvalue weighted by Crippen LogP contribution is 2.26. The van der Waals surface area contributed by atoms with Gasteiger partial charge in [0.2, 0.25) is 0 Å². The zero-order chi connectivity index (χ0) is 13.1. The van der Waals surface area contributed by atoms with Crippen molar-refractivity contribution in [2.75, 3.05) is 18.0 Å². The first-order valence-corrected chi connectivity index (χ1v) is 7.87. The Morgan fingerprint density at radius 3 is 2.89 bits per heavy atom. The number of nitrogens with zero attached hydrogens (tertiary/aromatic N) is 3. The minimum Gasteiger partial charge on any atom is -0.355 e. The van der Waals surface area contributed by atoms with Gasteiger partial charge in [-0.3, -0.25) is 4.40 Å². The zero-order valence-corrected chi connectivity index (χ0v) is 12.8. The van der Waals surface area contributed by atoms with Crippen LogP contribution >= 0.6 is 22.9 Å². The third kappa shape index (κ3) is 2.50. The highest BCUT2D eigenvalue weighted by atomic mass is 35.5. The normalized spacial score (nSPS) is 13.1. The monoisotopic (exact) mass is 285 g/mol. The minimum absolute atomic E-state index is 0.504. The Hall–Kier alpha value is -0.740. The van der Waals surface area contributed by atoms with E-state index in [1.807, 2.05) is 11.6 Å². The Kier molecular flexibility index (Phi) is 4.51. The summed E-state index contributed by atoms with van der Waals surface area (Å²) >= 11 is 7.75. The molecule has 0 N–H and O–H groups in total. The number of fused-ring (bicyclic) bond motifs is 1. The fourth-order valence-electron chi connectivity index (χ4n) is 2.07. The Balaban J connectivity index is 2.34. The van der Waals surface area contributed by atoms with Gasteiger partial charge in [-0.25, -0.2) is 4.98 Å². The van der Waals surface area contributed by atoms with Crippen LogP contribution in [0.2, 0.25) is 0 Å². The van der Waals surface area contributed by atoms with Crippen molar-refractivity contribution in [2.45, 2.75) is 33.1 Å². The molecule has 0 saturated carbocycles. The van der Waals surface area contributed by atoms with E-state index in [0.717, 1.165) is 29.6 Å². The van der Waals surface area contributed by atoms with Crippen molar-refractivity contribution in [3.05, 3.63) is 17.3 Å². The van der Waals surface area contributed by atoms with Crippen LogP contribution in [-0.4, -0.2) is 22.5 Å². The number of anilines is 1. The summed E-state index contributed by atoms with van der Waals surface area (Å²) in [6.45, 7) is 8.70. The maximum Gasteiger partial charge on any atom is 0.195 e. The van der Waals surface area contributed by atoms with Crippen molar-refractivity contribution in [1.82, 2.24) is 9.38 Å². The number of hydrogen-bond acceptors (Lipinski definition) is 3. The molecule has 0 amide bonds. The quantitative estimate of drug-likeness (QED) is 0.748. The molecule has 1 atom stereocenters. The Morgan fingerprint density at radius 1 is 1.50 bits per heavy atom. The van der Waals surface area contributed by atoms with Crippen LogP contribution in [0.4, 0.5) is 5.82 Å². The second kappa shape index (κ2) is 5.93. The van der Waals surface area contributed by atoms with Crippen LogP contribution in [0.25, 0.3) is 4.96 Å². The van der Waals surface area contributed by atoms with Crippen LogP contribution in [0.1, 0.15) is 32.9 Å². The summed E-state index contributed by atoms with van der Waals surface area (Å²) in [4.78, 5) is 8.09. The number of imidazole rings is 1. The van der Waals surface area contributed by atoms with Gasteiger partial charge in [0.15, 0.2) is 10.8 Å². The molecule has 18 heavy (non-hydrogen) atoms. The van der Waals surface area contributed by atoms with Crippen LogP contribution in [0.15, 0.2) is 11.6 Å². The van der Waals surface area contributed by atoms with Crippen LogP contribution in [0.3, 0.4) is 0 Å². The van der Waals surface area contributed by atoms with E-state index in [2.05, 4.69) is 30.1 Å². The molecule has 2 rings (SSSR count). The summed E-state index contributed by atoms with van der Waals surface area (Å²) in [6, 6.07) is 0. The van der Waals surface area contributed by atoms with E-state index in [9.17, 15) is 0 Å². The van der Waals surface area contributed by atoms with E-state index in [0.29, 0.717) is 11.8 Å². The van der Waals surface area contributed by atoms with Gasteiger partial charge in [-0.2, -0.15) is 0 Å². The summed E-state index contributed by atoms with van der Waals surface area (Å²) < 4.78 is 2.10. The van der Waals surface area contributed by atoms with E-state index in [1.165, 1.54) is 6.42 Å². The molecule has 0 aliphatic rings. The second-order valence-electron chi connectivity index (χ2n) is 4.62. The molecule has 0 radical (unpaired) electrons. The van der Waals surface area contributed by atoms with Gasteiger partial charge < -0.3 is 4.90 Å². The molecule has 2 heterocycles. The third-order valence-electron chi connectivity index (χ3n) is 3.38. The van der Waals surface area contributed by atoms with Crippen molar-refractivity contribution >= 4 is 33.7 Å². The van der Waals surface area contributed by atoms with Gasteiger partial charge in [-0.1, -0.05) is 20.3 Å². The zero-order valence-electron chi connectivity index (χ0n) is 11.2. The van der Waals surface area contributed by atoms with E-state index >= 15 is 0 Å². The first-order valence-electron chi connectivity index (χ1n) is 6.46. The number of thiazole rings is 1. The predicted molar refractivity (Wildman–Crippen MR) is 80.0 cm³/mol. The van der Waals surface area contributed by atoms with Gasteiger partial charge in [0.1, 0.15) is 0 Å². The van der Waals surface area contributed by atoms with Gasteiger partial charge >= 0.3 is 0 Å². The van der Waals surface area contributed by atoms with Crippen LogP contribution in [0, 0.1) is 5.92 Å². The second-order valence-corrected chi connectivity index (χ2v) is 5.76. The van der Waals surface area contributed by atoms with Crippen LogP contribution in [-0.2, 0) is 5.88 Å². The van der Waals surface area contributed by atoms with Crippen molar-refractivity contribution in [3.63, 3.8) is 0 Å². The molecule has 0 aliphatic heterocycles. The number of halogens is 1. The smallest absolute Gasteiger partial charge is 0.195 e. The van der Waals surface area contributed by atoms with Gasteiger partial charge in [-0.05, 0) is 12.8 Å². The molecule has 0 aliphatic carbocycles. The molecule has 0 fully saturated rings. The van der Waals surface area contributed by atoms with Gasteiger partial charge in [-0.15, -0.1) is 22.9 Å². The lowest BCUT2D eigenvalue weighted by Gasteiger charge is -2.24. The Labute approximate surface area is 117 Å². The molecule has 2 aromatic heterocycles. The molecule has 0 aromatic carbocycles. The molecule has 100 valence electrons. The van der Waals surface area contributed by atoms with E-state index < -0.39 is 0 Å². The lowest BCUT2D eigenvalue weighted by molar-refractivity contribution is 0.545. The highest BCUT2D eigenvalue weighted by Gasteiger charge is 2.18. The van der Waals surface area contributed by atoms with Crippen LogP contribution < -0.4 is 4.90 Å². The lowest BCUT2D eigenvalue weighted by Crippen LogP contribution is -2.29. The fourth-order valence-corrected chi connectivity index (χ4v) is 3.05. The summed E-state index contributed by atoms with van der Waals surface area (Å²) in [5, 5.41) is 2.05. The topological polar surface area (TPSA) is 20.5 Å². The van der Waals surface area contributed by atoms with Crippen molar-refractivity contribution in [3.8, 4) is 0 Å². The number of rotatable bonds is 6. The van der Waals surface area contributed by atoms with E-state index in [4.69, 9.17) is 16.6 Å². The average Bonchev–Trinajstić information content (AvgIpc) is 2.95. The first kappa shape index (κ1) is 13.7. The molecule has 0 spiro atoms. The van der Waals surface area contributed by atoms with Gasteiger partial charge in [0.05, 0.1) is 11.6 Å². The summed E-state index contributed by atoms with van der Waals surface area (Å²) in [5.74, 6) is 2.23. The molecule has 5 heteroatoms. The summed E-state index contributed by atoms with van der Waals surface area (Å²) in [6.07, 6.45) is 3.24. The van der Waals surface area contributed by atoms with Gasteiger partial charge in [0.25, 0.3) is 0 Å². The van der Waals surface area contributed by atoms with Gasteiger partial charge in [0, 0.05) is 24.7 Å². The maximum absolute atomic E-state index is 6.10. The van der Waals surface area contributed by atoms with Crippen LogP contribution in [0.5, 0.6) is 0 Å². The molecule has 1 unspecified atom stereocenters. The Bertz CT molecular complexity index is 505. The largest absolute Gasteiger partial charge is 0.355 e. The molecular weight excluding hydrogens is 266 g/mol. The van der Waals surface area contributed by atoms with Crippen molar-refractivity contribution < 1.29 is 0 Å². The lowest BCUT2D eigenvalue weighted by atomic mass is 10.1. The molecular formula is C13H20ClN3S. The minimum atomic E-state index is 0.504. The summed E-state index contributed by atoms with van der Waals surface area (Å²) in [5.41, 5.74) is 1.11. The van der Waals surface area contributed by atoms with Crippen molar-refractivity contribution in [2.24, 2.45) is 5.92 Å². The van der Waals surface area contributed by atoms with E-state index in [-0.39, 0.29) is 0 Å². The maximum atomic E-state index is 6.10. The fraction of sp³-hybridized carbons (Fsp3) is 0.615. The highest BCUT2D eigenvalue weighted by molar-refractivity contribution is 7.15. The molecule has 2 aromatic rings. The Morgan fingerprint density at radius 2 is 2.28 bits per heavy atom. The summed E-state index contributed by atoms with van der Waals surface area (Å²) in [7, 11) is 0. The number of alkyl halides is 1. The molecule has 0 bridgehead atoms. The molecule has 3 nitrogen and oxygen atoms in total. The number of aromatic nitrogens is 2. The first-order chi connectivity index (χ1) is 8.71.